The number of hydrogen-bond acceptors (Lipinski definition) is 4. The van der Waals surface area contributed by atoms with E-state index in [0.29, 0.717) is 5.56 Å². The van der Waals surface area contributed by atoms with E-state index in [9.17, 15) is 0 Å². The lowest BCUT2D eigenvalue weighted by Gasteiger charge is -2.04. The van der Waals surface area contributed by atoms with Gasteiger partial charge in [0.15, 0.2) is 5.82 Å². The van der Waals surface area contributed by atoms with Gasteiger partial charge in [0.25, 0.3) is 0 Å². The zero-order valence-corrected chi connectivity index (χ0v) is 8.30. The third-order valence-electron chi connectivity index (χ3n) is 2.58. The first-order chi connectivity index (χ1) is 7.31. The minimum atomic E-state index is 0.648. The molecule has 0 radical (unpaired) electrons. The molecule has 1 fully saturated rings. The maximum atomic E-state index is 9.04. The van der Waals surface area contributed by atoms with Crippen molar-refractivity contribution in [3.63, 3.8) is 0 Å². The second-order valence-corrected chi connectivity index (χ2v) is 3.64. The first-order valence-corrected chi connectivity index (χ1v) is 4.79. The van der Waals surface area contributed by atoms with E-state index in [-0.39, 0.29) is 0 Å². The molecule has 5 nitrogen and oxygen atoms in total. The third-order valence-corrected chi connectivity index (χ3v) is 2.58. The van der Waals surface area contributed by atoms with Crippen LogP contribution in [0.15, 0.2) is 12.4 Å². The first-order valence-electron chi connectivity index (χ1n) is 4.79. The summed E-state index contributed by atoms with van der Waals surface area (Å²) in [6.07, 6.45) is 1.54. The smallest absolute Gasteiger partial charge is 0.158 e. The zero-order valence-electron chi connectivity index (χ0n) is 8.30. The fraction of sp³-hybridized carbons (Fsp3) is 0.300. The number of nitriles is 1. The Labute approximate surface area is 86.6 Å². The average Bonchev–Trinajstić information content (AvgIpc) is 3.04. The van der Waals surface area contributed by atoms with Crippen LogP contribution in [0, 0.1) is 18.3 Å². The summed E-state index contributed by atoms with van der Waals surface area (Å²) in [5, 5.41) is 13.2. The van der Waals surface area contributed by atoms with Crippen molar-refractivity contribution in [1.29, 1.82) is 5.26 Å². The molecule has 0 amide bonds. The van der Waals surface area contributed by atoms with Crippen molar-refractivity contribution in [2.24, 2.45) is 0 Å². The number of nitrogens with zero attached hydrogens (tertiary/aromatic N) is 5. The van der Waals surface area contributed by atoms with Crippen LogP contribution < -0.4 is 4.90 Å². The van der Waals surface area contributed by atoms with Gasteiger partial charge < -0.3 is 4.90 Å². The molecular formula is C10H9N5. The maximum Gasteiger partial charge on any atom is 0.158 e. The lowest BCUT2D eigenvalue weighted by atomic mass is 10.3. The summed E-state index contributed by atoms with van der Waals surface area (Å²) in [6, 6.07) is 4.03. The predicted molar refractivity (Wildman–Crippen MR) is 54.7 cm³/mol. The Bertz CT molecular complexity index is 573. The highest BCUT2D eigenvalue weighted by atomic mass is 15.3. The molecule has 0 N–H and O–H groups in total. The molecule has 1 aliphatic rings. The van der Waals surface area contributed by atoms with Crippen molar-refractivity contribution >= 4 is 11.3 Å². The Hall–Kier alpha value is -2.09. The molecule has 1 saturated heterocycles. The summed E-state index contributed by atoms with van der Waals surface area (Å²) in [5.74, 6) is 0.870. The first kappa shape index (κ1) is 8.24. The van der Waals surface area contributed by atoms with Crippen LogP contribution in [0.5, 0.6) is 0 Å². The number of rotatable bonds is 1. The van der Waals surface area contributed by atoms with E-state index in [1.54, 1.807) is 4.52 Å². The largest absolute Gasteiger partial charge is 0.351 e. The molecule has 0 bridgehead atoms. The summed E-state index contributed by atoms with van der Waals surface area (Å²) < 4.78 is 1.78. The lowest BCUT2D eigenvalue weighted by Crippen LogP contribution is -2.02. The summed E-state index contributed by atoms with van der Waals surface area (Å²) >= 11 is 0. The van der Waals surface area contributed by atoms with Crippen LogP contribution in [0.1, 0.15) is 11.3 Å². The molecule has 2 aromatic rings. The van der Waals surface area contributed by atoms with Crippen molar-refractivity contribution in [1.82, 2.24) is 14.6 Å². The average molecular weight is 199 g/mol. The van der Waals surface area contributed by atoms with Gasteiger partial charge >= 0.3 is 0 Å². The van der Waals surface area contributed by atoms with Crippen LogP contribution in [0.4, 0.5) is 5.82 Å². The van der Waals surface area contributed by atoms with Gasteiger partial charge in [-0.25, -0.2) is 9.50 Å². The standard InChI is InChI=1S/C10H9N5/c1-7-4-8(5-11)9-10(14-2-3-14)12-6-13-15(7)9/h4,6H,2-3H2,1H3. The highest BCUT2D eigenvalue weighted by Gasteiger charge is 2.24. The van der Waals surface area contributed by atoms with Gasteiger partial charge in [0.2, 0.25) is 0 Å². The highest BCUT2D eigenvalue weighted by Crippen LogP contribution is 2.27. The maximum absolute atomic E-state index is 9.04. The Morgan fingerprint density at radius 1 is 1.47 bits per heavy atom. The molecule has 74 valence electrons. The predicted octanol–water partition coefficient (Wildman–Crippen LogP) is 0.729. The number of hydrogen-bond donors (Lipinski definition) is 0. The fourth-order valence-electron chi connectivity index (χ4n) is 1.76. The topological polar surface area (TPSA) is 57.0 Å². The third kappa shape index (κ3) is 1.08. The Morgan fingerprint density at radius 2 is 2.27 bits per heavy atom. The Morgan fingerprint density at radius 3 is 2.93 bits per heavy atom. The molecule has 0 aromatic carbocycles. The van der Waals surface area contributed by atoms with Gasteiger partial charge in [-0.05, 0) is 13.0 Å². The van der Waals surface area contributed by atoms with Gasteiger partial charge in [0.1, 0.15) is 17.9 Å². The molecule has 0 atom stereocenters. The number of fused-ring (bicyclic) bond motifs is 1. The highest BCUT2D eigenvalue weighted by molar-refractivity contribution is 5.78. The second kappa shape index (κ2) is 2.70. The number of aryl methyl sites for hydroxylation is 1. The number of aromatic nitrogens is 3. The normalized spacial score (nSPS) is 14.3. The van der Waals surface area contributed by atoms with Crippen molar-refractivity contribution in [2.75, 3.05) is 18.0 Å². The molecule has 1 aliphatic heterocycles. The van der Waals surface area contributed by atoms with Crippen LogP contribution in [-0.2, 0) is 0 Å². The summed E-state index contributed by atoms with van der Waals surface area (Å²) in [5.41, 5.74) is 2.44. The molecule has 0 unspecified atom stereocenters. The van der Waals surface area contributed by atoms with Gasteiger partial charge in [0.05, 0.1) is 5.56 Å². The van der Waals surface area contributed by atoms with E-state index in [1.165, 1.54) is 6.33 Å². The fourth-order valence-corrected chi connectivity index (χ4v) is 1.76. The number of anilines is 1. The van der Waals surface area contributed by atoms with Crippen LogP contribution >= 0.6 is 0 Å². The van der Waals surface area contributed by atoms with E-state index < -0.39 is 0 Å². The summed E-state index contributed by atoms with van der Waals surface area (Å²) in [6.45, 7) is 3.97. The quantitative estimate of drug-likeness (QED) is 0.635. The van der Waals surface area contributed by atoms with Crippen molar-refractivity contribution in [2.45, 2.75) is 6.92 Å². The summed E-state index contributed by atoms with van der Waals surface area (Å²) in [4.78, 5) is 6.36. The van der Waals surface area contributed by atoms with E-state index in [0.717, 1.165) is 30.1 Å². The van der Waals surface area contributed by atoms with Gasteiger partial charge in [-0.3, -0.25) is 0 Å². The minimum absolute atomic E-state index is 0.648. The molecule has 0 saturated carbocycles. The molecule has 15 heavy (non-hydrogen) atoms. The Balaban J connectivity index is 2.40. The van der Waals surface area contributed by atoms with Gasteiger partial charge in [-0.15, -0.1) is 0 Å². The van der Waals surface area contributed by atoms with Crippen molar-refractivity contribution in [3.8, 4) is 6.07 Å². The molecule has 0 spiro atoms. The minimum Gasteiger partial charge on any atom is -0.351 e. The van der Waals surface area contributed by atoms with Crippen LogP contribution in [0.2, 0.25) is 0 Å². The lowest BCUT2D eigenvalue weighted by molar-refractivity contribution is 0.869. The monoisotopic (exact) mass is 199 g/mol. The zero-order chi connectivity index (χ0) is 10.4. The molecule has 2 aromatic heterocycles. The Kier molecular flexibility index (Phi) is 1.48. The van der Waals surface area contributed by atoms with Gasteiger partial charge in [-0.1, -0.05) is 0 Å². The van der Waals surface area contributed by atoms with E-state index in [4.69, 9.17) is 5.26 Å². The van der Waals surface area contributed by atoms with E-state index in [1.807, 2.05) is 13.0 Å². The van der Waals surface area contributed by atoms with Gasteiger partial charge in [-0.2, -0.15) is 10.4 Å². The van der Waals surface area contributed by atoms with Crippen LogP contribution in [0.3, 0.4) is 0 Å². The van der Waals surface area contributed by atoms with Gasteiger partial charge in [0, 0.05) is 18.8 Å². The SMILES string of the molecule is Cc1cc(C#N)c2c(N3CC3)ncnn12. The molecule has 0 aliphatic carbocycles. The summed E-state index contributed by atoms with van der Waals surface area (Å²) in [7, 11) is 0. The van der Waals surface area contributed by atoms with E-state index >= 15 is 0 Å². The van der Waals surface area contributed by atoms with Crippen LogP contribution in [-0.4, -0.2) is 27.7 Å². The molecule has 3 heterocycles. The second-order valence-electron chi connectivity index (χ2n) is 3.64. The van der Waals surface area contributed by atoms with Crippen molar-refractivity contribution in [3.05, 3.63) is 23.7 Å². The van der Waals surface area contributed by atoms with E-state index in [2.05, 4.69) is 21.1 Å². The van der Waals surface area contributed by atoms with Crippen LogP contribution in [0.25, 0.3) is 5.52 Å². The molecule has 5 heteroatoms. The molecular weight excluding hydrogens is 190 g/mol. The molecule has 3 rings (SSSR count). The van der Waals surface area contributed by atoms with Crippen molar-refractivity contribution < 1.29 is 0 Å².